The molecular formula is C13H22N2. The molecule has 0 spiro atoms. The van der Waals surface area contributed by atoms with Gasteiger partial charge in [-0.2, -0.15) is 0 Å². The highest BCUT2D eigenvalue weighted by Crippen LogP contribution is 2.19. The Morgan fingerprint density at radius 1 is 1.53 bits per heavy atom. The molecular weight excluding hydrogens is 184 g/mol. The highest BCUT2D eigenvalue weighted by atomic mass is 15.0. The van der Waals surface area contributed by atoms with Gasteiger partial charge in [0.2, 0.25) is 0 Å². The van der Waals surface area contributed by atoms with Crippen LogP contribution < -0.4 is 5.32 Å². The maximum Gasteiger partial charge on any atom is 0.0172 e. The molecule has 0 amide bonds. The summed E-state index contributed by atoms with van der Waals surface area (Å²) in [5, 5.41) is 3.69. The highest BCUT2D eigenvalue weighted by Gasteiger charge is 2.18. The molecule has 1 heterocycles. The van der Waals surface area contributed by atoms with Gasteiger partial charge in [0, 0.05) is 31.0 Å². The van der Waals surface area contributed by atoms with Crippen molar-refractivity contribution < 1.29 is 0 Å². The Bertz CT molecular complexity index is 299. The smallest absolute Gasteiger partial charge is 0.0172 e. The fourth-order valence-corrected chi connectivity index (χ4v) is 2.18. The van der Waals surface area contributed by atoms with Crippen LogP contribution in [0.3, 0.4) is 0 Å². The van der Waals surface area contributed by atoms with Crippen LogP contribution in [0.1, 0.15) is 38.3 Å². The molecule has 0 bridgehead atoms. The van der Waals surface area contributed by atoms with Gasteiger partial charge in [0.1, 0.15) is 0 Å². The third-order valence-electron chi connectivity index (χ3n) is 3.51. The Balaban J connectivity index is 1.70. The maximum atomic E-state index is 3.69. The van der Waals surface area contributed by atoms with Gasteiger partial charge in [-0.15, -0.1) is 0 Å². The molecule has 0 radical (unpaired) electrons. The van der Waals surface area contributed by atoms with Crippen molar-refractivity contribution in [3.8, 4) is 0 Å². The number of hydrogen-bond donors (Lipinski definition) is 1. The zero-order chi connectivity index (χ0) is 10.7. The van der Waals surface area contributed by atoms with E-state index in [4.69, 9.17) is 0 Å². The van der Waals surface area contributed by atoms with Crippen molar-refractivity contribution in [3.05, 3.63) is 24.0 Å². The van der Waals surface area contributed by atoms with Crippen LogP contribution in [0.15, 0.2) is 18.3 Å². The Kier molecular flexibility index (Phi) is 3.47. The van der Waals surface area contributed by atoms with Crippen LogP contribution in [-0.2, 0) is 13.5 Å². The summed E-state index contributed by atoms with van der Waals surface area (Å²) in [5.41, 5.74) is 1.44. The van der Waals surface area contributed by atoms with E-state index in [1.54, 1.807) is 0 Å². The molecule has 15 heavy (non-hydrogen) atoms. The number of rotatable bonds is 5. The SMILES string of the molecule is CC(CCc1cccn1C)NC1CCC1. The molecule has 1 aromatic heterocycles. The second-order valence-electron chi connectivity index (χ2n) is 4.84. The van der Waals surface area contributed by atoms with E-state index in [0.717, 1.165) is 6.04 Å². The summed E-state index contributed by atoms with van der Waals surface area (Å²) in [6.45, 7) is 2.31. The van der Waals surface area contributed by atoms with Crippen LogP contribution in [0, 0.1) is 0 Å². The lowest BCUT2D eigenvalue weighted by Crippen LogP contribution is -2.41. The van der Waals surface area contributed by atoms with Gasteiger partial charge in [0.25, 0.3) is 0 Å². The lowest BCUT2D eigenvalue weighted by atomic mass is 9.92. The largest absolute Gasteiger partial charge is 0.354 e. The summed E-state index contributed by atoms with van der Waals surface area (Å²) in [6, 6.07) is 5.81. The fourth-order valence-electron chi connectivity index (χ4n) is 2.18. The standard InChI is InChI=1S/C13H22N2/c1-11(14-12-5-3-6-12)8-9-13-7-4-10-15(13)2/h4,7,10-12,14H,3,5-6,8-9H2,1-2H3. The average Bonchev–Trinajstić information content (AvgIpc) is 2.55. The predicted molar refractivity (Wildman–Crippen MR) is 64.0 cm³/mol. The molecule has 1 atom stereocenters. The molecule has 2 rings (SSSR count). The average molecular weight is 206 g/mol. The highest BCUT2D eigenvalue weighted by molar-refractivity contribution is 5.06. The van der Waals surface area contributed by atoms with Gasteiger partial charge >= 0.3 is 0 Å². The number of aryl methyl sites for hydroxylation is 2. The van der Waals surface area contributed by atoms with Crippen molar-refractivity contribution in [1.29, 1.82) is 0 Å². The normalized spacial score (nSPS) is 18.8. The molecule has 1 fully saturated rings. The third kappa shape index (κ3) is 2.85. The third-order valence-corrected chi connectivity index (χ3v) is 3.51. The molecule has 0 saturated heterocycles. The van der Waals surface area contributed by atoms with Gasteiger partial charge in [-0.3, -0.25) is 0 Å². The van der Waals surface area contributed by atoms with Crippen molar-refractivity contribution in [3.63, 3.8) is 0 Å². The van der Waals surface area contributed by atoms with E-state index < -0.39 is 0 Å². The fraction of sp³-hybridized carbons (Fsp3) is 0.692. The van der Waals surface area contributed by atoms with E-state index in [2.05, 4.69) is 42.2 Å². The maximum absolute atomic E-state index is 3.69. The molecule has 2 heteroatoms. The first-order valence-electron chi connectivity index (χ1n) is 6.12. The minimum Gasteiger partial charge on any atom is -0.354 e. The predicted octanol–water partition coefficient (Wildman–Crippen LogP) is 2.49. The minimum atomic E-state index is 0.658. The Labute approximate surface area is 92.7 Å². The van der Waals surface area contributed by atoms with Crippen molar-refractivity contribution in [2.45, 2.75) is 51.1 Å². The number of nitrogens with one attached hydrogen (secondary N) is 1. The first-order chi connectivity index (χ1) is 7.25. The summed E-state index contributed by atoms with van der Waals surface area (Å²) in [4.78, 5) is 0. The molecule has 1 aromatic rings. The number of hydrogen-bond acceptors (Lipinski definition) is 1. The van der Waals surface area contributed by atoms with Gasteiger partial charge in [-0.05, 0) is 44.7 Å². The number of nitrogens with zero attached hydrogens (tertiary/aromatic N) is 1. The monoisotopic (exact) mass is 206 g/mol. The molecule has 1 unspecified atom stereocenters. The molecule has 84 valence electrons. The van der Waals surface area contributed by atoms with Crippen molar-refractivity contribution in [2.75, 3.05) is 0 Å². The van der Waals surface area contributed by atoms with Crippen molar-refractivity contribution in [2.24, 2.45) is 7.05 Å². The van der Waals surface area contributed by atoms with Crippen LogP contribution in [0.5, 0.6) is 0 Å². The second-order valence-corrected chi connectivity index (χ2v) is 4.84. The zero-order valence-electron chi connectivity index (χ0n) is 9.87. The van der Waals surface area contributed by atoms with Gasteiger partial charge in [-0.25, -0.2) is 0 Å². The van der Waals surface area contributed by atoms with E-state index in [0.29, 0.717) is 6.04 Å². The quantitative estimate of drug-likeness (QED) is 0.783. The van der Waals surface area contributed by atoms with Crippen LogP contribution in [0.25, 0.3) is 0 Å². The van der Waals surface area contributed by atoms with Gasteiger partial charge < -0.3 is 9.88 Å². The van der Waals surface area contributed by atoms with E-state index in [1.165, 1.54) is 37.8 Å². The molecule has 1 N–H and O–H groups in total. The minimum absolute atomic E-state index is 0.658. The van der Waals surface area contributed by atoms with E-state index in [-0.39, 0.29) is 0 Å². The summed E-state index contributed by atoms with van der Waals surface area (Å²) >= 11 is 0. The van der Waals surface area contributed by atoms with E-state index >= 15 is 0 Å². The topological polar surface area (TPSA) is 17.0 Å². The van der Waals surface area contributed by atoms with Crippen molar-refractivity contribution in [1.82, 2.24) is 9.88 Å². The Morgan fingerprint density at radius 2 is 2.33 bits per heavy atom. The van der Waals surface area contributed by atoms with Crippen LogP contribution in [0.2, 0.25) is 0 Å². The second kappa shape index (κ2) is 4.84. The lowest BCUT2D eigenvalue weighted by Gasteiger charge is -2.30. The molecule has 0 aromatic carbocycles. The van der Waals surface area contributed by atoms with Crippen LogP contribution >= 0.6 is 0 Å². The summed E-state index contributed by atoms with van der Waals surface area (Å²) in [7, 11) is 2.12. The first kappa shape index (κ1) is 10.7. The summed E-state index contributed by atoms with van der Waals surface area (Å²) in [6.07, 6.45) is 8.74. The molecule has 1 aliphatic rings. The molecule has 1 aliphatic carbocycles. The lowest BCUT2D eigenvalue weighted by molar-refractivity contribution is 0.304. The Hall–Kier alpha value is -0.760. The van der Waals surface area contributed by atoms with E-state index in [1.807, 2.05) is 0 Å². The van der Waals surface area contributed by atoms with E-state index in [9.17, 15) is 0 Å². The Morgan fingerprint density at radius 3 is 2.87 bits per heavy atom. The number of aromatic nitrogens is 1. The summed E-state index contributed by atoms with van der Waals surface area (Å²) in [5.74, 6) is 0. The van der Waals surface area contributed by atoms with Gasteiger partial charge in [0.05, 0.1) is 0 Å². The van der Waals surface area contributed by atoms with Gasteiger partial charge in [0.15, 0.2) is 0 Å². The summed E-state index contributed by atoms with van der Waals surface area (Å²) < 4.78 is 2.22. The van der Waals surface area contributed by atoms with Crippen LogP contribution in [0.4, 0.5) is 0 Å². The van der Waals surface area contributed by atoms with Crippen molar-refractivity contribution >= 4 is 0 Å². The van der Waals surface area contributed by atoms with Crippen LogP contribution in [-0.4, -0.2) is 16.7 Å². The first-order valence-corrected chi connectivity index (χ1v) is 6.12. The molecule has 1 saturated carbocycles. The van der Waals surface area contributed by atoms with Gasteiger partial charge in [-0.1, -0.05) is 6.42 Å². The molecule has 2 nitrogen and oxygen atoms in total. The zero-order valence-corrected chi connectivity index (χ0v) is 9.87. The molecule has 0 aliphatic heterocycles.